The zero-order chi connectivity index (χ0) is 18.8. The van der Waals surface area contributed by atoms with E-state index < -0.39 is 7.82 Å². The van der Waals surface area contributed by atoms with Crippen molar-refractivity contribution < 1.29 is 18.1 Å². The quantitative estimate of drug-likeness (QED) is 0.250. The molecule has 1 aromatic carbocycles. The molecule has 0 unspecified atom stereocenters. The van der Waals surface area contributed by atoms with E-state index in [1.807, 2.05) is 0 Å². The average Bonchev–Trinajstić information content (AvgIpc) is 2.62. The lowest BCUT2D eigenvalue weighted by molar-refractivity contribution is 0.130. The monoisotopic (exact) mass is 366 g/mol. The van der Waals surface area contributed by atoms with E-state index >= 15 is 0 Å². The highest BCUT2D eigenvalue weighted by Gasteiger charge is 2.25. The summed E-state index contributed by atoms with van der Waals surface area (Å²) < 4.78 is 28.0. The smallest absolute Gasteiger partial charge is 0.287 e. The lowest BCUT2D eigenvalue weighted by Crippen LogP contribution is -2.15. The maximum atomic E-state index is 12.4. The lowest BCUT2D eigenvalue weighted by atomic mass is 9.82. The van der Waals surface area contributed by atoms with Crippen LogP contribution in [0.25, 0.3) is 0 Å². The fourth-order valence-electron chi connectivity index (χ4n) is 2.18. The van der Waals surface area contributed by atoms with Gasteiger partial charge in [-0.3, -0.25) is 13.6 Å². The Morgan fingerprint density at radius 3 is 2.08 bits per heavy atom. The van der Waals surface area contributed by atoms with E-state index in [9.17, 15) is 4.57 Å². The van der Waals surface area contributed by atoms with Crippen LogP contribution in [0.15, 0.2) is 49.6 Å². The second-order valence-corrected chi connectivity index (χ2v) is 8.16. The highest BCUT2D eigenvalue weighted by Crippen LogP contribution is 2.49. The lowest BCUT2D eigenvalue weighted by Gasteiger charge is -2.23. The van der Waals surface area contributed by atoms with Crippen LogP contribution in [0.3, 0.4) is 0 Å². The van der Waals surface area contributed by atoms with Gasteiger partial charge in [0.25, 0.3) is 0 Å². The standard InChI is InChI=1S/C20H31O4P/c1-6-15-22-25(21,23-16-7-2)24-17-9-10-18-11-13-19(14-12-18)20(4,5)8-3/h6-7,11-14H,1-2,8-10,15-17H2,3-5H3. The first-order chi connectivity index (χ1) is 11.9. The van der Waals surface area contributed by atoms with Crippen molar-refractivity contribution in [2.75, 3.05) is 19.8 Å². The van der Waals surface area contributed by atoms with Crippen molar-refractivity contribution >= 4 is 7.82 Å². The molecule has 0 spiro atoms. The number of phosphoric ester groups is 1. The number of hydrogen-bond donors (Lipinski definition) is 0. The molecule has 0 atom stereocenters. The van der Waals surface area contributed by atoms with E-state index in [-0.39, 0.29) is 18.6 Å². The number of aryl methyl sites for hydroxylation is 1. The summed E-state index contributed by atoms with van der Waals surface area (Å²) in [5.74, 6) is 0. The molecule has 0 radical (unpaired) electrons. The first-order valence-corrected chi connectivity index (χ1v) is 10.2. The predicted octanol–water partition coefficient (Wildman–Crippen LogP) is 5.84. The SMILES string of the molecule is C=CCOP(=O)(OCC=C)OCCCc1ccc(C(C)(C)CC)cc1. The Morgan fingerprint density at radius 1 is 1.04 bits per heavy atom. The maximum Gasteiger partial charge on any atom is 0.475 e. The molecule has 0 amide bonds. The van der Waals surface area contributed by atoms with Gasteiger partial charge in [0.1, 0.15) is 0 Å². The molecule has 5 heteroatoms. The molecule has 0 saturated carbocycles. The molecular weight excluding hydrogens is 335 g/mol. The Kier molecular flexibility index (Phi) is 9.37. The minimum absolute atomic E-state index is 0.114. The first kappa shape index (κ1) is 21.9. The number of hydrogen-bond acceptors (Lipinski definition) is 4. The largest absolute Gasteiger partial charge is 0.475 e. The molecule has 0 N–H and O–H groups in total. The van der Waals surface area contributed by atoms with Crippen LogP contribution in [-0.2, 0) is 30.0 Å². The summed E-state index contributed by atoms with van der Waals surface area (Å²) in [5, 5.41) is 0. The van der Waals surface area contributed by atoms with Crippen LogP contribution in [0.1, 0.15) is 44.7 Å². The third-order valence-corrected chi connectivity index (χ3v) is 5.61. The van der Waals surface area contributed by atoms with E-state index in [1.165, 1.54) is 23.3 Å². The molecule has 1 rings (SSSR count). The number of phosphoric acid groups is 1. The fourth-order valence-corrected chi connectivity index (χ4v) is 3.33. The predicted molar refractivity (Wildman–Crippen MR) is 104 cm³/mol. The molecule has 0 heterocycles. The number of benzene rings is 1. The van der Waals surface area contributed by atoms with Gasteiger partial charge in [-0.1, -0.05) is 57.2 Å². The third-order valence-electron chi connectivity index (χ3n) is 4.18. The van der Waals surface area contributed by atoms with Gasteiger partial charge in [0.15, 0.2) is 0 Å². The van der Waals surface area contributed by atoms with Gasteiger partial charge >= 0.3 is 7.82 Å². The Balaban J connectivity index is 2.48. The fraction of sp³-hybridized carbons (Fsp3) is 0.500. The maximum absolute atomic E-state index is 12.4. The van der Waals surface area contributed by atoms with Crippen LogP contribution < -0.4 is 0 Å². The second kappa shape index (κ2) is 10.7. The van der Waals surface area contributed by atoms with E-state index in [0.717, 1.165) is 19.3 Å². The molecule has 0 fully saturated rings. The van der Waals surface area contributed by atoms with Crippen molar-refractivity contribution in [3.8, 4) is 0 Å². The number of rotatable bonds is 13. The third kappa shape index (κ3) is 7.70. The molecule has 0 aliphatic carbocycles. The summed E-state index contributed by atoms with van der Waals surface area (Å²) >= 11 is 0. The molecule has 0 aliphatic rings. The van der Waals surface area contributed by atoms with Crippen LogP contribution in [-0.4, -0.2) is 19.8 Å². The Hall–Kier alpha value is -1.19. The summed E-state index contributed by atoms with van der Waals surface area (Å²) in [6.07, 6.45) is 5.69. The molecule has 140 valence electrons. The highest BCUT2D eigenvalue weighted by atomic mass is 31.2. The zero-order valence-electron chi connectivity index (χ0n) is 15.7. The van der Waals surface area contributed by atoms with Crippen LogP contribution in [0.4, 0.5) is 0 Å². The van der Waals surface area contributed by atoms with Gasteiger partial charge in [0.2, 0.25) is 0 Å². The van der Waals surface area contributed by atoms with Gasteiger partial charge in [-0.15, -0.1) is 13.2 Å². The van der Waals surface area contributed by atoms with Gasteiger partial charge in [-0.25, -0.2) is 4.57 Å². The van der Waals surface area contributed by atoms with Crippen molar-refractivity contribution in [2.24, 2.45) is 0 Å². The van der Waals surface area contributed by atoms with E-state index in [2.05, 4.69) is 58.2 Å². The minimum Gasteiger partial charge on any atom is -0.287 e. The topological polar surface area (TPSA) is 44.8 Å². The van der Waals surface area contributed by atoms with Gasteiger partial charge in [0.05, 0.1) is 19.8 Å². The summed E-state index contributed by atoms with van der Waals surface area (Å²) in [5.41, 5.74) is 2.77. The summed E-state index contributed by atoms with van der Waals surface area (Å²) in [6, 6.07) is 8.67. The van der Waals surface area contributed by atoms with E-state index in [4.69, 9.17) is 13.6 Å². The normalized spacial score (nSPS) is 12.1. The van der Waals surface area contributed by atoms with Crippen molar-refractivity contribution in [1.82, 2.24) is 0 Å². The molecule has 0 bridgehead atoms. The molecule has 0 aromatic heterocycles. The van der Waals surface area contributed by atoms with Crippen molar-refractivity contribution in [3.05, 3.63) is 60.7 Å². The van der Waals surface area contributed by atoms with Crippen LogP contribution >= 0.6 is 7.82 Å². The second-order valence-electron chi connectivity index (χ2n) is 6.49. The van der Waals surface area contributed by atoms with E-state index in [1.54, 1.807) is 0 Å². The van der Waals surface area contributed by atoms with E-state index in [0.29, 0.717) is 6.61 Å². The zero-order valence-corrected chi connectivity index (χ0v) is 16.6. The van der Waals surface area contributed by atoms with Crippen LogP contribution in [0.5, 0.6) is 0 Å². The van der Waals surface area contributed by atoms with Gasteiger partial charge in [0, 0.05) is 0 Å². The Labute approximate surface area is 152 Å². The van der Waals surface area contributed by atoms with Crippen LogP contribution in [0.2, 0.25) is 0 Å². The summed E-state index contributed by atoms with van der Waals surface area (Å²) in [7, 11) is -3.55. The van der Waals surface area contributed by atoms with Crippen LogP contribution in [0, 0.1) is 0 Å². The van der Waals surface area contributed by atoms with Crippen molar-refractivity contribution in [2.45, 2.75) is 45.4 Å². The highest BCUT2D eigenvalue weighted by molar-refractivity contribution is 7.48. The van der Waals surface area contributed by atoms with Crippen molar-refractivity contribution in [1.29, 1.82) is 0 Å². The van der Waals surface area contributed by atoms with Gasteiger partial charge in [-0.2, -0.15) is 0 Å². The molecule has 0 saturated heterocycles. The molecule has 4 nitrogen and oxygen atoms in total. The van der Waals surface area contributed by atoms with Gasteiger partial charge in [-0.05, 0) is 35.8 Å². The average molecular weight is 366 g/mol. The molecule has 25 heavy (non-hydrogen) atoms. The minimum atomic E-state index is -3.55. The Bertz CT molecular complexity index is 562. The van der Waals surface area contributed by atoms with Gasteiger partial charge < -0.3 is 0 Å². The summed E-state index contributed by atoms with van der Waals surface area (Å²) in [4.78, 5) is 0. The van der Waals surface area contributed by atoms with Crippen molar-refractivity contribution in [3.63, 3.8) is 0 Å². The summed E-state index contributed by atoms with van der Waals surface area (Å²) in [6.45, 7) is 14.3. The Morgan fingerprint density at radius 2 is 1.60 bits per heavy atom. The molecule has 1 aromatic rings. The molecular formula is C20H31O4P. The first-order valence-electron chi connectivity index (χ1n) is 8.71. The molecule has 0 aliphatic heterocycles.